The fraction of sp³-hybridized carbons (Fsp3) is 0.250. The molecule has 2 atom stereocenters. The lowest BCUT2D eigenvalue weighted by molar-refractivity contribution is 0.478. The number of hydrogen-bond acceptors (Lipinski definition) is 1. The summed E-state index contributed by atoms with van der Waals surface area (Å²) in [6.07, 6.45) is 0. The van der Waals surface area contributed by atoms with Gasteiger partial charge in [0.05, 0.1) is 0 Å². The van der Waals surface area contributed by atoms with Crippen molar-refractivity contribution in [3.05, 3.63) is 58.6 Å². The highest BCUT2D eigenvalue weighted by molar-refractivity contribution is 6.30. The molecule has 0 bridgehead atoms. The van der Waals surface area contributed by atoms with Crippen LogP contribution in [-0.2, 0) is 0 Å². The SMILES string of the molecule is C[C@@H]1c2ccccc2Oc2ccc(Cl)cc2[C@H]1C. The minimum atomic E-state index is 0.391. The van der Waals surface area contributed by atoms with Crippen molar-refractivity contribution in [2.24, 2.45) is 0 Å². The number of para-hydroxylation sites is 1. The van der Waals surface area contributed by atoms with Crippen LogP contribution in [0.1, 0.15) is 36.8 Å². The molecule has 0 N–H and O–H groups in total. The summed E-state index contributed by atoms with van der Waals surface area (Å²) in [5.74, 6) is 2.69. The van der Waals surface area contributed by atoms with E-state index in [0.29, 0.717) is 11.8 Å². The average molecular weight is 259 g/mol. The van der Waals surface area contributed by atoms with Gasteiger partial charge in [0.2, 0.25) is 0 Å². The molecule has 0 saturated carbocycles. The molecule has 0 saturated heterocycles. The van der Waals surface area contributed by atoms with Crippen LogP contribution in [-0.4, -0.2) is 0 Å². The molecule has 1 nitrogen and oxygen atoms in total. The molecule has 0 amide bonds. The van der Waals surface area contributed by atoms with Gasteiger partial charge < -0.3 is 4.74 Å². The van der Waals surface area contributed by atoms with Crippen molar-refractivity contribution in [1.82, 2.24) is 0 Å². The molecule has 18 heavy (non-hydrogen) atoms. The Bertz CT molecular complexity index is 591. The van der Waals surface area contributed by atoms with Crippen LogP contribution in [0.2, 0.25) is 5.02 Å². The summed E-state index contributed by atoms with van der Waals surface area (Å²) in [5.41, 5.74) is 2.45. The fourth-order valence-electron chi connectivity index (χ4n) is 2.57. The van der Waals surface area contributed by atoms with Gasteiger partial charge in [-0.25, -0.2) is 0 Å². The Kier molecular flexibility index (Phi) is 2.79. The first kappa shape index (κ1) is 11.6. The van der Waals surface area contributed by atoms with Crippen molar-refractivity contribution in [2.45, 2.75) is 25.7 Å². The monoisotopic (exact) mass is 258 g/mol. The Morgan fingerprint density at radius 1 is 0.889 bits per heavy atom. The van der Waals surface area contributed by atoms with Gasteiger partial charge in [0, 0.05) is 5.02 Å². The minimum Gasteiger partial charge on any atom is -0.457 e. The van der Waals surface area contributed by atoms with Crippen LogP contribution in [0.5, 0.6) is 11.5 Å². The van der Waals surface area contributed by atoms with Crippen molar-refractivity contribution in [1.29, 1.82) is 0 Å². The average Bonchev–Trinajstić information content (AvgIpc) is 2.48. The maximum atomic E-state index is 6.10. The van der Waals surface area contributed by atoms with Crippen LogP contribution < -0.4 is 4.74 Å². The first-order valence-electron chi connectivity index (χ1n) is 6.23. The lowest BCUT2D eigenvalue weighted by Crippen LogP contribution is -2.02. The largest absolute Gasteiger partial charge is 0.457 e. The van der Waals surface area contributed by atoms with Gasteiger partial charge in [0.1, 0.15) is 11.5 Å². The highest BCUT2D eigenvalue weighted by Gasteiger charge is 2.26. The highest BCUT2D eigenvalue weighted by Crippen LogP contribution is 2.46. The van der Waals surface area contributed by atoms with Gasteiger partial charge in [-0.1, -0.05) is 43.6 Å². The molecule has 2 heteroatoms. The third kappa shape index (κ3) is 1.79. The first-order chi connectivity index (χ1) is 8.66. The van der Waals surface area contributed by atoms with Crippen molar-refractivity contribution in [3.63, 3.8) is 0 Å². The lowest BCUT2D eigenvalue weighted by atomic mass is 9.84. The third-order valence-corrected chi connectivity index (χ3v) is 4.08. The zero-order valence-electron chi connectivity index (χ0n) is 10.5. The van der Waals surface area contributed by atoms with Gasteiger partial charge in [-0.2, -0.15) is 0 Å². The van der Waals surface area contributed by atoms with Crippen molar-refractivity contribution in [2.75, 3.05) is 0 Å². The molecule has 0 fully saturated rings. The molecular weight excluding hydrogens is 244 g/mol. The molecule has 0 aromatic heterocycles. The molecule has 1 aliphatic rings. The Morgan fingerprint density at radius 2 is 1.56 bits per heavy atom. The molecule has 1 heterocycles. The summed E-state index contributed by atoms with van der Waals surface area (Å²) in [4.78, 5) is 0. The maximum absolute atomic E-state index is 6.10. The number of rotatable bonds is 0. The van der Waals surface area contributed by atoms with E-state index in [4.69, 9.17) is 16.3 Å². The molecular formula is C16H15ClO. The van der Waals surface area contributed by atoms with Crippen LogP contribution in [0.3, 0.4) is 0 Å². The van der Waals surface area contributed by atoms with Gasteiger partial charge >= 0.3 is 0 Å². The molecule has 0 aliphatic carbocycles. The lowest BCUT2D eigenvalue weighted by Gasteiger charge is -2.18. The van der Waals surface area contributed by atoms with E-state index in [9.17, 15) is 0 Å². The quantitative estimate of drug-likeness (QED) is 0.619. The number of halogens is 1. The Hall–Kier alpha value is -1.47. The van der Waals surface area contributed by atoms with E-state index in [2.05, 4.69) is 26.0 Å². The molecule has 0 radical (unpaired) electrons. The zero-order valence-corrected chi connectivity index (χ0v) is 11.2. The van der Waals surface area contributed by atoms with Gasteiger partial charge in [0.25, 0.3) is 0 Å². The van der Waals surface area contributed by atoms with Crippen molar-refractivity contribution in [3.8, 4) is 11.5 Å². The first-order valence-corrected chi connectivity index (χ1v) is 6.61. The van der Waals surface area contributed by atoms with Gasteiger partial charge in [-0.15, -0.1) is 0 Å². The number of fused-ring (bicyclic) bond motifs is 2. The maximum Gasteiger partial charge on any atom is 0.131 e. The molecule has 2 aromatic rings. The van der Waals surface area contributed by atoms with E-state index in [-0.39, 0.29) is 0 Å². The number of benzene rings is 2. The summed E-state index contributed by atoms with van der Waals surface area (Å²) < 4.78 is 6.04. The predicted molar refractivity (Wildman–Crippen MR) is 74.8 cm³/mol. The van der Waals surface area contributed by atoms with E-state index >= 15 is 0 Å². The van der Waals surface area contributed by atoms with E-state index in [1.165, 1.54) is 11.1 Å². The number of hydrogen-bond donors (Lipinski definition) is 0. The normalized spacial score (nSPS) is 21.5. The summed E-state index contributed by atoms with van der Waals surface area (Å²) >= 11 is 6.10. The molecule has 2 aromatic carbocycles. The van der Waals surface area contributed by atoms with Crippen LogP contribution in [0.4, 0.5) is 0 Å². The molecule has 92 valence electrons. The van der Waals surface area contributed by atoms with Crippen LogP contribution in [0.15, 0.2) is 42.5 Å². The van der Waals surface area contributed by atoms with E-state index in [1.807, 2.05) is 30.3 Å². The zero-order chi connectivity index (χ0) is 12.7. The molecule has 3 rings (SSSR count). The smallest absolute Gasteiger partial charge is 0.131 e. The fourth-order valence-corrected chi connectivity index (χ4v) is 2.76. The van der Waals surface area contributed by atoms with Crippen molar-refractivity contribution < 1.29 is 4.74 Å². The van der Waals surface area contributed by atoms with Gasteiger partial charge in [0.15, 0.2) is 0 Å². The van der Waals surface area contributed by atoms with Crippen LogP contribution >= 0.6 is 11.6 Å². The van der Waals surface area contributed by atoms with E-state index < -0.39 is 0 Å². The molecule has 0 spiro atoms. The van der Waals surface area contributed by atoms with Gasteiger partial charge in [-0.05, 0) is 47.2 Å². The second-order valence-corrected chi connectivity index (χ2v) is 5.34. The number of ether oxygens (including phenoxy) is 1. The van der Waals surface area contributed by atoms with Crippen LogP contribution in [0, 0.1) is 0 Å². The highest BCUT2D eigenvalue weighted by atomic mass is 35.5. The van der Waals surface area contributed by atoms with Gasteiger partial charge in [-0.3, -0.25) is 0 Å². The summed E-state index contributed by atoms with van der Waals surface area (Å²) in [7, 11) is 0. The summed E-state index contributed by atoms with van der Waals surface area (Å²) in [5, 5.41) is 0.766. The van der Waals surface area contributed by atoms with Crippen molar-refractivity contribution >= 4 is 11.6 Å². The standard InChI is InChI=1S/C16H15ClO/c1-10-11(2)14-9-12(17)7-8-16(14)18-15-6-4-3-5-13(10)15/h3-11H,1-2H3/t10-,11-/m0/s1. The van der Waals surface area contributed by atoms with Crippen LogP contribution in [0.25, 0.3) is 0 Å². The predicted octanol–water partition coefficient (Wildman–Crippen LogP) is 5.35. The Labute approximate surface area is 112 Å². The molecule has 0 unspecified atom stereocenters. The second kappa shape index (κ2) is 4.33. The van der Waals surface area contributed by atoms with E-state index in [1.54, 1.807) is 0 Å². The minimum absolute atomic E-state index is 0.391. The third-order valence-electron chi connectivity index (χ3n) is 3.84. The second-order valence-electron chi connectivity index (χ2n) is 4.90. The topological polar surface area (TPSA) is 9.23 Å². The molecule has 1 aliphatic heterocycles. The summed E-state index contributed by atoms with van der Waals surface area (Å²) in [6.45, 7) is 4.47. The summed E-state index contributed by atoms with van der Waals surface area (Å²) in [6, 6.07) is 14.1. The van der Waals surface area contributed by atoms with E-state index in [0.717, 1.165) is 16.5 Å². The Balaban J connectivity index is 2.20. The Morgan fingerprint density at radius 3 is 2.39 bits per heavy atom.